The molecule has 1 aromatic heterocycles. The Morgan fingerprint density at radius 1 is 1.17 bits per heavy atom. The van der Waals surface area contributed by atoms with E-state index >= 15 is 0 Å². The fraction of sp³-hybridized carbons (Fsp3) is 0.588. The molecule has 0 aliphatic carbocycles. The van der Waals surface area contributed by atoms with E-state index in [1.165, 1.54) is 0 Å². The Morgan fingerprint density at radius 2 is 1.87 bits per heavy atom. The van der Waals surface area contributed by atoms with Gasteiger partial charge < -0.3 is 4.57 Å². The summed E-state index contributed by atoms with van der Waals surface area (Å²) in [5, 5.41) is 0. The van der Waals surface area contributed by atoms with Crippen molar-refractivity contribution < 1.29 is 17.9 Å². The second kappa shape index (κ2) is 6.51. The molecule has 0 unspecified atom stereocenters. The minimum absolute atomic E-state index is 0.00238. The molecule has 0 saturated heterocycles. The first-order valence-electron chi connectivity index (χ1n) is 7.78. The SMILES string of the molecule is CCc1ccc2c(c1)nc(CC(C)(C)C)n2CCOC(F)(F)F. The molecule has 0 saturated carbocycles. The van der Waals surface area contributed by atoms with Crippen LogP contribution in [-0.4, -0.2) is 22.5 Å². The minimum Gasteiger partial charge on any atom is -0.326 e. The van der Waals surface area contributed by atoms with Crippen LogP contribution in [0.1, 0.15) is 39.1 Å². The number of rotatable bonds is 5. The van der Waals surface area contributed by atoms with Gasteiger partial charge in [0.25, 0.3) is 0 Å². The van der Waals surface area contributed by atoms with Gasteiger partial charge in [0.1, 0.15) is 5.82 Å². The molecule has 0 fully saturated rings. The summed E-state index contributed by atoms with van der Waals surface area (Å²) < 4.78 is 42.4. The third-order valence-corrected chi connectivity index (χ3v) is 3.57. The molecule has 2 rings (SSSR count). The first-order valence-corrected chi connectivity index (χ1v) is 7.78. The summed E-state index contributed by atoms with van der Waals surface area (Å²) >= 11 is 0. The number of aryl methyl sites for hydroxylation is 1. The molecule has 0 atom stereocenters. The molecule has 0 spiro atoms. The first kappa shape index (κ1) is 17.8. The maximum atomic E-state index is 12.2. The molecule has 0 aliphatic heterocycles. The van der Waals surface area contributed by atoms with E-state index in [1.54, 1.807) is 0 Å². The topological polar surface area (TPSA) is 27.1 Å². The van der Waals surface area contributed by atoms with Gasteiger partial charge in [-0.25, -0.2) is 4.98 Å². The highest BCUT2D eigenvalue weighted by atomic mass is 19.4. The lowest BCUT2D eigenvalue weighted by Gasteiger charge is -2.19. The molecule has 1 aromatic carbocycles. The lowest BCUT2D eigenvalue weighted by atomic mass is 9.92. The van der Waals surface area contributed by atoms with Gasteiger partial charge in [-0.05, 0) is 29.5 Å². The van der Waals surface area contributed by atoms with Gasteiger partial charge in [-0.2, -0.15) is 0 Å². The van der Waals surface area contributed by atoms with E-state index < -0.39 is 13.0 Å². The number of imidazole rings is 1. The Bertz CT molecular complexity index is 669. The highest BCUT2D eigenvalue weighted by Crippen LogP contribution is 2.25. The van der Waals surface area contributed by atoms with Gasteiger partial charge >= 0.3 is 6.36 Å². The zero-order valence-corrected chi connectivity index (χ0v) is 14.0. The van der Waals surface area contributed by atoms with Gasteiger partial charge in [-0.3, -0.25) is 4.74 Å². The Kier molecular flexibility index (Phi) is 5.04. The van der Waals surface area contributed by atoms with Crippen molar-refractivity contribution >= 4 is 11.0 Å². The minimum atomic E-state index is -4.60. The summed E-state index contributed by atoms with van der Waals surface area (Å²) in [6, 6.07) is 5.93. The van der Waals surface area contributed by atoms with Crippen LogP contribution >= 0.6 is 0 Å². The number of aromatic nitrogens is 2. The maximum Gasteiger partial charge on any atom is 0.522 e. The maximum absolute atomic E-state index is 12.2. The fourth-order valence-electron chi connectivity index (χ4n) is 2.56. The van der Waals surface area contributed by atoms with Crippen molar-refractivity contribution in [2.75, 3.05) is 6.61 Å². The van der Waals surface area contributed by atoms with Crippen molar-refractivity contribution in [2.24, 2.45) is 5.41 Å². The summed E-state index contributed by atoms with van der Waals surface area (Å²) in [4.78, 5) is 4.65. The summed E-state index contributed by atoms with van der Waals surface area (Å²) in [6.07, 6.45) is -3.01. The van der Waals surface area contributed by atoms with Crippen LogP contribution in [-0.2, 0) is 24.1 Å². The largest absolute Gasteiger partial charge is 0.522 e. The number of benzene rings is 1. The normalized spacial score (nSPS) is 13.0. The van der Waals surface area contributed by atoms with Gasteiger partial charge in [0.2, 0.25) is 0 Å². The van der Waals surface area contributed by atoms with Gasteiger partial charge in [0.05, 0.1) is 17.6 Å². The average molecular weight is 328 g/mol. The summed E-state index contributed by atoms with van der Waals surface area (Å²) in [6.45, 7) is 8.03. The van der Waals surface area contributed by atoms with E-state index in [0.29, 0.717) is 6.42 Å². The third-order valence-electron chi connectivity index (χ3n) is 3.57. The molecule has 128 valence electrons. The smallest absolute Gasteiger partial charge is 0.326 e. The molecule has 6 heteroatoms. The van der Waals surface area contributed by atoms with Crippen LogP contribution in [0.2, 0.25) is 0 Å². The lowest BCUT2D eigenvalue weighted by Crippen LogP contribution is -2.20. The fourth-order valence-corrected chi connectivity index (χ4v) is 2.56. The highest BCUT2D eigenvalue weighted by molar-refractivity contribution is 5.77. The van der Waals surface area contributed by atoms with Gasteiger partial charge in [-0.1, -0.05) is 33.8 Å². The zero-order valence-electron chi connectivity index (χ0n) is 14.0. The zero-order chi connectivity index (χ0) is 17.3. The van der Waals surface area contributed by atoms with Crippen molar-refractivity contribution in [3.8, 4) is 0 Å². The summed E-state index contributed by atoms with van der Waals surface area (Å²) in [7, 11) is 0. The molecule has 2 aromatic rings. The number of hydrogen-bond acceptors (Lipinski definition) is 2. The van der Waals surface area contributed by atoms with E-state index in [0.717, 1.165) is 28.8 Å². The summed E-state index contributed by atoms with van der Waals surface area (Å²) in [5.41, 5.74) is 2.84. The summed E-state index contributed by atoms with van der Waals surface area (Å²) in [5.74, 6) is 0.798. The molecule has 0 bridgehead atoms. The lowest BCUT2D eigenvalue weighted by molar-refractivity contribution is -0.325. The van der Waals surface area contributed by atoms with Crippen LogP contribution in [0.5, 0.6) is 0 Å². The van der Waals surface area contributed by atoms with Crippen LogP contribution in [0.3, 0.4) is 0 Å². The van der Waals surface area contributed by atoms with E-state index in [4.69, 9.17) is 0 Å². The number of hydrogen-bond donors (Lipinski definition) is 0. The molecule has 3 nitrogen and oxygen atoms in total. The van der Waals surface area contributed by atoms with Crippen LogP contribution < -0.4 is 0 Å². The van der Waals surface area contributed by atoms with Crippen LogP contribution in [0.15, 0.2) is 18.2 Å². The first-order chi connectivity index (χ1) is 10.6. The number of alkyl halides is 3. The average Bonchev–Trinajstić information content (AvgIpc) is 2.72. The Balaban J connectivity index is 2.35. The molecule has 1 heterocycles. The molecular formula is C17H23F3N2O. The monoisotopic (exact) mass is 328 g/mol. The second-order valence-corrected chi connectivity index (χ2v) is 6.89. The van der Waals surface area contributed by atoms with E-state index in [-0.39, 0.29) is 12.0 Å². The van der Waals surface area contributed by atoms with Crippen molar-refractivity contribution in [2.45, 2.75) is 53.4 Å². The molecule has 0 N–H and O–H groups in total. The molecule has 0 radical (unpaired) electrons. The van der Waals surface area contributed by atoms with Gasteiger partial charge in [0, 0.05) is 13.0 Å². The standard InChI is InChI=1S/C17H23F3N2O/c1-5-12-6-7-14-13(10-12)21-15(11-16(2,3)4)22(14)8-9-23-17(18,19)20/h6-7,10H,5,8-9,11H2,1-4H3. The molecule has 23 heavy (non-hydrogen) atoms. The highest BCUT2D eigenvalue weighted by Gasteiger charge is 2.29. The van der Waals surface area contributed by atoms with Crippen molar-refractivity contribution in [1.29, 1.82) is 0 Å². The Labute approximate surface area is 134 Å². The molecule has 0 aliphatic rings. The van der Waals surface area contributed by atoms with Gasteiger partial charge in [0.15, 0.2) is 0 Å². The van der Waals surface area contributed by atoms with Crippen molar-refractivity contribution in [3.05, 3.63) is 29.6 Å². The van der Waals surface area contributed by atoms with E-state index in [1.807, 2.05) is 22.8 Å². The van der Waals surface area contributed by atoms with E-state index in [2.05, 4.69) is 37.4 Å². The van der Waals surface area contributed by atoms with Crippen LogP contribution in [0, 0.1) is 5.41 Å². The number of nitrogens with zero attached hydrogens (tertiary/aromatic N) is 2. The molecule has 0 amide bonds. The second-order valence-electron chi connectivity index (χ2n) is 6.89. The Hall–Kier alpha value is -1.56. The van der Waals surface area contributed by atoms with Crippen molar-refractivity contribution in [3.63, 3.8) is 0 Å². The number of halogens is 3. The van der Waals surface area contributed by atoms with Crippen molar-refractivity contribution in [1.82, 2.24) is 9.55 Å². The molecular weight excluding hydrogens is 305 g/mol. The number of ether oxygens (including phenoxy) is 1. The quantitative estimate of drug-likeness (QED) is 0.794. The van der Waals surface area contributed by atoms with E-state index in [9.17, 15) is 13.2 Å². The number of fused-ring (bicyclic) bond motifs is 1. The van der Waals surface area contributed by atoms with Crippen LogP contribution in [0.4, 0.5) is 13.2 Å². The predicted molar refractivity (Wildman–Crippen MR) is 84.3 cm³/mol. The Morgan fingerprint density at radius 3 is 2.43 bits per heavy atom. The van der Waals surface area contributed by atoms with Gasteiger partial charge in [-0.15, -0.1) is 13.2 Å². The van der Waals surface area contributed by atoms with Crippen LogP contribution in [0.25, 0.3) is 11.0 Å². The third kappa shape index (κ3) is 4.96. The predicted octanol–water partition coefficient (Wildman–Crippen LogP) is 4.72.